The monoisotopic (exact) mass is 263 g/mol. The second-order valence-electron chi connectivity index (χ2n) is 3.39. The van der Waals surface area contributed by atoms with Crippen LogP contribution in [-0.2, 0) is 6.18 Å². The molecule has 0 aliphatic heterocycles. The van der Waals surface area contributed by atoms with E-state index in [1.807, 2.05) is 0 Å². The summed E-state index contributed by atoms with van der Waals surface area (Å²) in [4.78, 5) is 20.8. The number of hydrogen-bond donors (Lipinski definition) is 0. The number of nitro groups is 1. The summed E-state index contributed by atoms with van der Waals surface area (Å²) in [5.74, 6) is -1.46. The van der Waals surface area contributed by atoms with Gasteiger partial charge in [0.25, 0.3) is 5.69 Å². The average molecular weight is 263 g/mol. The normalized spacial score (nSPS) is 11.2. The van der Waals surface area contributed by atoms with Gasteiger partial charge < -0.3 is 4.74 Å². The number of Topliss-reactive ketones (excluding diaryl/α,β-unsaturated/α-hetero) is 1. The predicted molar refractivity (Wildman–Crippen MR) is 54.7 cm³/mol. The maximum absolute atomic E-state index is 12.7. The third-order valence-electron chi connectivity index (χ3n) is 2.17. The Morgan fingerprint density at radius 2 is 1.94 bits per heavy atom. The highest BCUT2D eigenvalue weighted by atomic mass is 19.4. The van der Waals surface area contributed by atoms with E-state index in [-0.39, 0.29) is 0 Å². The van der Waals surface area contributed by atoms with Gasteiger partial charge in [0.1, 0.15) is 11.3 Å². The summed E-state index contributed by atoms with van der Waals surface area (Å²) in [7, 11) is 0.961. The molecule has 0 aromatic heterocycles. The van der Waals surface area contributed by atoms with Crippen molar-refractivity contribution < 1.29 is 27.6 Å². The van der Waals surface area contributed by atoms with Gasteiger partial charge in [-0.25, -0.2) is 0 Å². The molecule has 5 nitrogen and oxygen atoms in total. The predicted octanol–water partition coefficient (Wildman–Crippen LogP) is 2.82. The maximum atomic E-state index is 12.7. The van der Waals surface area contributed by atoms with Gasteiger partial charge in [-0.1, -0.05) is 0 Å². The summed E-state index contributed by atoms with van der Waals surface area (Å²) in [6.07, 6.45) is -4.85. The van der Waals surface area contributed by atoms with Crippen LogP contribution in [0.5, 0.6) is 5.75 Å². The van der Waals surface area contributed by atoms with Gasteiger partial charge in [-0.2, -0.15) is 13.2 Å². The van der Waals surface area contributed by atoms with Crippen molar-refractivity contribution in [1.29, 1.82) is 0 Å². The lowest BCUT2D eigenvalue weighted by molar-refractivity contribution is -0.385. The van der Waals surface area contributed by atoms with Crippen molar-refractivity contribution in [1.82, 2.24) is 0 Å². The summed E-state index contributed by atoms with van der Waals surface area (Å²) < 4.78 is 42.7. The van der Waals surface area contributed by atoms with Crippen LogP contribution in [0.4, 0.5) is 18.9 Å². The van der Waals surface area contributed by atoms with Gasteiger partial charge in [0, 0.05) is 12.1 Å². The molecule has 0 N–H and O–H groups in total. The van der Waals surface area contributed by atoms with Crippen molar-refractivity contribution in [3.8, 4) is 5.75 Å². The first-order chi connectivity index (χ1) is 8.18. The second-order valence-corrected chi connectivity index (χ2v) is 3.39. The van der Waals surface area contributed by atoms with E-state index in [1.165, 1.54) is 0 Å². The fourth-order valence-corrected chi connectivity index (χ4v) is 1.41. The van der Waals surface area contributed by atoms with Gasteiger partial charge in [-0.05, 0) is 6.92 Å². The minimum absolute atomic E-state index is 0.339. The third-order valence-corrected chi connectivity index (χ3v) is 2.17. The highest BCUT2D eigenvalue weighted by Crippen LogP contribution is 2.40. The Balaban J connectivity index is 3.67. The van der Waals surface area contributed by atoms with Crippen LogP contribution in [0.1, 0.15) is 22.8 Å². The summed E-state index contributed by atoms with van der Waals surface area (Å²) in [5.41, 5.74) is -2.63. The largest absolute Gasteiger partial charge is 0.495 e. The number of ether oxygens (including phenoxy) is 1. The summed E-state index contributed by atoms with van der Waals surface area (Å²) >= 11 is 0. The Morgan fingerprint density at radius 3 is 2.28 bits per heavy atom. The summed E-state index contributed by atoms with van der Waals surface area (Å²) in [5, 5.41) is 10.5. The number of alkyl halides is 3. The lowest BCUT2D eigenvalue weighted by Crippen LogP contribution is -2.11. The second kappa shape index (κ2) is 4.63. The molecule has 1 aromatic rings. The maximum Gasteiger partial charge on any atom is 0.420 e. The molecule has 0 saturated heterocycles. The van der Waals surface area contributed by atoms with E-state index >= 15 is 0 Å². The van der Waals surface area contributed by atoms with Crippen LogP contribution in [0.15, 0.2) is 12.1 Å². The number of carbonyl (C=O) groups is 1. The van der Waals surface area contributed by atoms with Gasteiger partial charge in [-0.15, -0.1) is 0 Å². The van der Waals surface area contributed by atoms with E-state index in [2.05, 4.69) is 4.74 Å². The molecule has 0 spiro atoms. The van der Waals surface area contributed by atoms with Crippen molar-refractivity contribution in [3.05, 3.63) is 33.4 Å². The van der Waals surface area contributed by atoms with Gasteiger partial charge in [0.2, 0.25) is 0 Å². The van der Waals surface area contributed by atoms with Gasteiger partial charge in [0.15, 0.2) is 5.78 Å². The number of carbonyl (C=O) groups excluding carboxylic acids is 1. The quantitative estimate of drug-likeness (QED) is 0.477. The highest BCUT2D eigenvalue weighted by molar-refractivity contribution is 5.98. The average Bonchev–Trinajstić information content (AvgIpc) is 2.25. The van der Waals surface area contributed by atoms with E-state index < -0.39 is 39.4 Å². The molecule has 18 heavy (non-hydrogen) atoms. The lowest BCUT2D eigenvalue weighted by atomic mass is 10.0. The molecule has 0 saturated carbocycles. The van der Waals surface area contributed by atoms with Crippen LogP contribution in [0, 0.1) is 10.1 Å². The molecule has 0 bridgehead atoms. The van der Waals surface area contributed by atoms with Crippen LogP contribution in [-0.4, -0.2) is 17.8 Å². The Hall–Kier alpha value is -2.12. The molecule has 0 aliphatic carbocycles. The molecular weight excluding hydrogens is 255 g/mol. The Morgan fingerprint density at radius 1 is 1.39 bits per heavy atom. The molecule has 0 radical (unpaired) electrons. The van der Waals surface area contributed by atoms with Gasteiger partial charge in [-0.3, -0.25) is 14.9 Å². The number of rotatable bonds is 3. The van der Waals surface area contributed by atoms with Crippen LogP contribution < -0.4 is 4.74 Å². The highest BCUT2D eigenvalue weighted by Gasteiger charge is 2.38. The third kappa shape index (κ3) is 2.58. The van der Waals surface area contributed by atoms with Crippen molar-refractivity contribution in [3.63, 3.8) is 0 Å². The first-order valence-corrected chi connectivity index (χ1v) is 4.63. The molecule has 0 unspecified atom stereocenters. The standard InChI is InChI=1S/C10H8F3NO4/c1-5(15)7-3-6(14(16)17)4-8(9(7)18-2)10(11,12)13/h3-4H,1-2H3. The van der Waals surface area contributed by atoms with Crippen molar-refractivity contribution in [2.75, 3.05) is 7.11 Å². The van der Waals surface area contributed by atoms with Crippen LogP contribution >= 0.6 is 0 Å². The molecule has 0 atom stereocenters. The number of methoxy groups -OCH3 is 1. The number of halogens is 3. The fraction of sp³-hybridized carbons (Fsp3) is 0.300. The number of non-ortho nitro benzene ring substituents is 1. The van der Waals surface area contributed by atoms with Crippen molar-refractivity contribution in [2.45, 2.75) is 13.1 Å². The van der Waals surface area contributed by atoms with Crippen LogP contribution in [0.3, 0.4) is 0 Å². The zero-order chi connectivity index (χ0) is 14.1. The van der Waals surface area contributed by atoms with E-state index in [9.17, 15) is 28.1 Å². The number of nitro benzene ring substituents is 1. The Bertz CT molecular complexity index is 511. The first-order valence-electron chi connectivity index (χ1n) is 4.63. The van der Waals surface area contributed by atoms with E-state index in [4.69, 9.17) is 0 Å². The SMILES string of the molecule is COc1c(C(C)=O)cc([N+](=O)[O-])cc1C(F)(F)F. The molecule has 98 valence electrons. The molecule has 8 heteroatoms. The lowest BCUT2D eigenvalue weighted by Gasteiger charge is -2.14. The smallest absolute Gasteiger partial charge is 0.420 e. The van der Waals surface area contributed by atoms with E-state index in [0.29, 0.717) is 6.07 Å². The minimum atomic E-state index is -4.85. The van der Waals surface area contributed by atoms with Gasteiger partial charge in [0.05, 0.1) is 17.6 Å². The topological polar surface area (TPSA) is 69.4 Å². The van der Waals surface area contributed by atoms with E-state index in [0.717, 1.165) is 20.1 Å². The number of hydrogen-bond acceptors (Lipinski definition) is 4. The molecule has 0 fully saturated rings. The minimum Gasteiger partial charge on any atom is -0.495 e. The molecule has 0 aliphatic rings. The molecule has 1 rings (SSSR count). The Kier molecular flexibility index (Phi) is 3.59. The summed E-state index contributed by atoms with van der Waals surface area (Å²) in [6, 6.07) is 1.10. The van der Waals surface area contributed by atoms with Crippen LogP contribution in [0.25, 0.3) is 0 Å². The van der Waals surface area contributed by atoms with Crippen molar-refractivity contribution >= 4 is 11.5 Å². The molecule has 0 amide bonds. The van der Waals surface area contributed by atoms with Crippen LogP contribution in [0.2, 0.25) is 0 Å². The molecule has 0 heterocycles. The Labute approximate surface area is 99.3 Å². The van der Waals surface area contributed by atoms with E-state index in [1.54, 1.807) is 0 Å². The van der Waals surface area contributed by atoms with Crippen molar-refractivity contribution in [2.24, 2.45) is 0 Å². The summed E-state index contributed by atoms with van der Waals surface area (Å²) in [6.45, 7) is 1.00. The molecule has 1 aromatic carbocycles. The number of ketones is 1. The molecular formula is C10H8F3NO4. The van der Waals surface area contributed by atoms with Gasteiger partial charge >= 0.3 is 6.18 Å². The number of nitrogens with zero attached hydrogens (tertiary/aromatic N) is 1. The number of benzene rings is 1. The zero-order valence-corrected chi connectivity index (χ0v) is 9.37. The zero-order valence-electron chi connectivity index (χ0n) is 9.37. The fourth-order valence-electron chi connectivity index (χ4n) is 1.41. The first kappa shape index (κ1) is 13.9.